The van der Waals surface area contributed by atoms with E-state index < -0.39 is 0 Å². The summed E-state index contributed by atoms with van der Waals surface area (Å²) in [6.07, 6.45) is 0.922. The summed E-state index contributed by atoms with van der Waals surface area (Å²) in [5.74, 6) is 0.615. The van der Waals surface area contributed by atoms with Crippen LogP contribution in [0.4, 0.5) is 0 Å². The standard InChI is InChI=1S/C18H22N2O2S/c1-3-14-11-15-6-4-5-13(2)17(15)19-18(14)23-12-16(21)20-7-9-22-10-8-20/h4-6,11H,3,7-10,12H2,1-2H3. The molecule has 122 valence electrons. The number of thioether (sulfide) groups is 1. The van der Waals surface area contributed by atoms with Crippen LogP contribution in [0, 0.1) is 6.92 Å². The third-order valence-electron chi connectivity index (χ3n) is 4.16. The van der Waals surface area contributed by atoms with E-state index in [1.54, 1.807) is 11.8 Å². The fraction of sp³-hybridized carbons (Fsp3) is 0.444. The van der Waals surface area contributed by atoms with E-state index in [4.69, 9.17) is 9.72 Å². The summed E-state index contributed by atoms with van der Waals surface area (Å²) in [5.41, 5.74) is 3.42. The first-order valence-corrected chi connectivity index (χ1v) is 9.05. The number of aryl methyl sites for hydroxylation is 2. The van der Waals surface area contributed by atoms with Gasteiger partial charge in [-0.15, -0.1) is 0 Å². The van der Waals surface area contributed by atoms with E-state index in [-0.39, 0.29) is 5.91 Å². The van der Waals surface area contributed by atoms with Gasteiger partial charge in [0.1, 0.15) is 5.03 Å². The summed E-state index contributed by atoms with van der Waals surface area (Å²) in [6.45, 7) is 6.89. The number of morpholine rings is 1. The SMILES string of the molecule is CCc1cc2cccc(C)c2nc1SCC(=O)N1CCOCC1. The first-order valence-electron chi connectivity index (χ1n) is 8.06. The van der Waals surface area contributed by atoms with Crippen molar-refractivity contribution < 1.29 is 9.53 Å². The highest BCUT2D eigenvalue weighted by Gasteiger charge is 2.18. The maximum absolute atomic E-state index is 12.3. The first-order chi connectivity index (χ1) is 11.2. The van der Waals surface area contributed by atoms with Crippen molar-refractivity contribution in [3.05, 3.63) is 35.4 Å². The van der Waals surface area contributed by atoms with E-state index in [1.807, 2.05) is 4.90 Å². The molecule has 0 aliphatic carbocycles. The molecule has 2 heterocycles. The summed E-state index contributed by atoms with van der Waals surface area (Å²) in [5, 5.41) is 2.15. The fourth-order valence-electron chi connectivity index (χ4n) is 2.79. The van der Waals surface area contributed by atoms with Crippen molar-refractivity contribution >= 4 is 28.6 Å². The summed E-state index contributed by atoms with van der Waals surface area (Å²) < 4.78 is 5.30. The number of pyridine rings is 1. The molecule has 0 N–H and O–H groups in total. The Labute approximate surface area is 141 Å². The van der Waals surface area contributed by atoms with Gasteiger partial charge in [0.2, 0.25) is 5.91 Å². The molecule has 1 aliphatic rings. The molecule has 1 aromatic carbocycles. The Morgan fingerprint density at radius 1 is 1.35 bits per heavy atom. The number of ether oxygens (including phenoxy) is 1. The van der Waals surface area contributed by atoms with E-state index in [1.165, 1.54) is 16.5 Å². The Balaban J connectivity index is 1.78. The van der Waals surface area contributed by atoms with E-state index in [0.717, 1.165) is 17.0 Å². The molecule has 0 saturated carbocycles. The molecular formula is C18H22N2O2S. The smallest absolute Gasteiger partial charge is 0.233 e. The second kappa shape index (κ2) is 7.32. The number of aromatic nitrogens is 1. The van der Waals surface area contributed by atoms with Crippen LogP contribution >= 0.6 is 11.8 Å². The maximum Gasteiger partial charge on any atom is 0.233 e. The van der Waals surface area contributed by atoms with E-state index in [0.29, 0.717) is 32.1 Å². The Morgan fingerprint density at radius 3 is 2.87 bits per heavy atom. The lowest BCUT2D eigenvalue weighted by Gasteiger charge is -2.26. The summed E-state index contributed by atoms with van der Waals surface area (Å²) >= 11 is 1.55. The van der Waals surface area contributed by atoms with Crippen LogP contribution in [-0.2, 0) is 16.0 Å². The van der Waals surface area contributed by atoms with Crippen molar-refractivity contribution in [2.24, 2.45) is 0 Å². The third-order valence-corrected chi connectivity index (χ3v) is 5.18. The number of hydrogen-bond acceptors (Lipinski definition) is 4. The minimum absolute atomic E-state index is 0.173. The van der Waals surface area contributed by atoms with E-state index >= 15 is 0 Å². The van der Waals surface area contributed by atoms with Crippen LogP contribution in [0.15, 0.2) is 29.3 Å². The van der Waals surface area contributed by atoms with E-state index in [2.05, 4.69) is 38.1 Å². The predicted molar refractivity (Wildman–Crippen MR) is 94.0 cm³/mol. The highest BCUT2D eigenvalue weighted by molar-refractivity contribution is 7.99. The van der Waals surface area contributed by atoms with Gasteiger partial charge in [-0.2, -0.15) is 0 Å². The molecule has 3 rings (SSSR count). The second-order valence-electron chi connectivity index (χ2n) is 5.73. The minimum Gasteiger partial charge on any atom is -0.378 e. The van der Waals surface area contributed by atoms with Crippen molar-refractivity contribution in [2.45, 2.75) is 25.3 Å². The zero-order chi connectivity index (χ0) is 16.2. The molecule has 4 nitrogen and oxygen atoms in total. The molecule has 1 aliphatic heterocycles. The Kier molecular flexibility index (Phi) is 5.18. The van der Waals surface area contributed by atoms with Crippen molar-refractivity contribution in [3.8, 4) is 0 Å². The number of carbonyl (C=O) groups excluding carboxylic acids is 1. The average Bonchev–Trinajstić information content (AvgIpc) is 2.60. The maximum atomic E-state index is 12.3. The van der Waals surface area contributed by atoms with Gasteiger partial charge in [-0.05, 0) is 30.5 Å². The number of hydrogen-bond donors (Lipinski definition) is 0. The number of fused-ring (bicyclic) bond motifs is 1. The van der Waals surface area contributed by atoms with Gasteiger partial charge in [0.15, 0.2) is 0 Å². The number of para-hydroxylation sites is 1. The molecule has 0 unspecified atom stereocenters. The number of rotatable bonds is 4. The molecule has 1 fully saturated rings. The average molecular weight is 330 g/mol. The van der Waals surface area contributed by atoms with Crippen LogP contribution < -0.4 is 0 Å². The van der Waals surface area contributed by atoms with Crippen LogP contribution in [0.25, 0.3) is 10.9 Å². The van der Waals surface area contributed by atoms with Crippen LogP contribution in [0.2, 0.25) is 0 Å². The van der Waals surface area contributed by atoms with Gasteiger partial charge in [0.05, 0.1) is 24.5 Å². The fourth-order valence-corrected chi connectivity index (χ4v) is 3.77. The number of amides is 1. The van der Waals surface area contributed by atoms with Gasteiger partial charge >= 0.3 is 0 Å². The normalized spacial score (nSPS) is 15.1. The van der Waals surface area contributed by atoms with Gasteiger partial charge in [-0.3, -0.25) is 4.79 Å². The third kappa shape index (κ3) is 3.67. The molecule has 5 heteroatoms. The molecule has 0 bridgehead atoms. The highest BCUT2D eigenvalue weighted by atomic mass is 32.2. The molecule has 2 aromatic rings. The van der Waals surface area contributed by atoms with Crippen LogP contribution in [-0.4, -0.2) is 47.8 Å². The zero-order valence-corrected chi connectivity index (χ0v) is 14.5. The highest BCUT2D eigenvalue weighted by Crippen LogP contribution is 2.27. The van der Waals surface area contributed by atoms with Gasteiger partial charge in [-0.1, -0.05) is 36.9 Å². The lowest BCUT2D eigenvalue weighted by molar-refractivity contribution is -0.132. The Morgan fingerprint density at radius 2 is 2.13 bits per heavy atom. The predicted octanol–water partition coefficient (Wildman–Crippen LogP) is 3.06. The zero-order valence-electron chi connectivity index (χ0n) is 13.7. The lowest BCUT2D eigenvalue weighted by atomic mass is 10.1. The lowest BCUT2D eigenvalue weighted by Crippen LogP contribution is -2.41. The van der Waals surface area contributed by atoms with Gasteiger partial charge in [0, 0.05) is 18.5 Å². The van der Waals surface area contributed by atoms with Crippen LogP contribution in [0.1, 0.15) is 18.1 Å². The molecule has 1 aromatic heterocycles. The van der Waals surface area contributed by atoms with Crippen molar-refractivity contribution in [1.29, 1.82) is 0 Å². The topological polar surface area (TPSA) is 42.4 Å². The van der Waals surface area contributed by atoms with Crippen LogP contribution in [0.5, 0.6) is 0 Å². The second-order valence-corrected chi connectivity index (χ2v) is 6.70. The minimum atomic E-state index is 0.173. The van der Waals surface area contributed by atoms with Crippen molar-refractivity contribution in [1.82, 2.24) is 9.88 Å². The molecule has 0 atom stereocenters. The Bertz CT molecular complexity index is 711. The summed E-state index contributed by atoms with van der Waals surface area (Å²) in [6, 6.07) is 8.44. The molecule has 1 saturated heterocycles. The van der Waals surface area contributed by atoms with Gasteiger partial charge < -0.3 is 9.64 Å². The first kappa shape index (κ1) is 16.3. The number of benzene rings is 1. The molecule has 0 spiro atoms. The summed E-state index contributed by atoms with van der Waals surface area (Å²) in [7, 11) is 0. The van der Waals surface area contributed by atoms with Crippen LogP contribution in [0.3, 0.4) is 0 Å². The molecule has 0 radical (unpaired) electrons. The molecular weight excluding hydrogens is 308 g/mol. The number of carbonyl (C=O) groups is 1. The molecule has 1 amide bonds. The van der Waals surface area contributed by atoms with Gasteiger partial charge in [0.25, 0.3) is 0 Å². The van der Waals surface area contributed by atoms with E-state index in [9.17, 15) is 4.79 Å². The largest absolute Gasteiger partial charge is 0.378 e. The molecule has 23 heavy (non-hydrogen) atoms. The Hall–Kier alpha value is -1.59. The monoisotopic (exact) mass is 330 g/mol. The van der Waals surface area contributed by atoms with Crippen molar-refractivity contribution in [2.75, 3.05) is 32.1 Å². The number of nitrogens with zero attached hydrogens (tertiary/aromatic N) is 2. The summed E-state index contributed by atoms with van der Waals surface area (Å²) in [4.78, 5) is 19.0. The quantitative estimate of drug-likeness (QED) is 0.808. The van der Waals surface area contributed by atoms with Crippen molar-refractivity contribution in [3.63, 3.8) is 0 Å². The van der Waals surface area contributed by atoms with Gasteiger partial charge in [-0.25, -0.2) is 4.98 Å².